The molecule has 1 N–H and O–H groups in total. The summed E-state index contributed by atoms with van der Waals surface area (Å²) in [4.78, 5) is 40.2. The summed E-state index contributed by atoms with van der Waals surface area (Å²) in [6, 6.07) is 3.67. The zero-order chi connectivity index (χ0) is 25.9. The van der Waals surface area contributed by atoms with Crippen molar-refractivity contribution in [1.29, 1.82) is 0 Å². The Morgan fingerprint density at radius 2 is 1.92 bits per heavy atom. The van der Waals surface area contributed by atoms with Crippen LogP contribution < -0.4 is 10.2 Å². The van der Waals surface area contributed by atoms with Gasteiger partial charge in [-0.1, -0.05) is 0 Å². The van der Waals surface area contributed by atoms with Crippen molar-refractivity contribution in [3.05, 3.63) is 59.1 Å². The number of hydrogen-bond acceptors (Lipinski definition) is 10. The van der Waals surface area contributed by atoms with Gasteiger partial charge in [0.15, 0.2) is 5.13 Å². The number of nitrogens with one attached hydrogen (secondary N) is 1. The molecular formula is C26H26N10OS. The maximum atomic E-state index is 13.5. The van der Waals surface area contributed by atoms with E-state index in [0.717, 1.165) is 65.2 Å². The number of aliphatic imine (C=N–C) groups is 1. The Kier molecular flexibility index (Phi) is 5.25. The Labute approximate surface area is 223 Å². The lowest BCUT2D eigenvalue weighted by atomic mass is 10.1. The second-order valence-electron chi connectivity index (χ2n) is 10.0. The molecule has 0 atom stereocenters. The van der Waals surface area contributed by atoms with Crippen LogP contribution >= 0.6 is 11.3 Å². The summed E-state index contributed by atoms with van der Waals surface area (Å²) in [6.07, 6.45) is 9.28. The fraction of sp³-hybridized carbons (Fsp3) is 0.346. The Morgan fingerprint density at radius 3 is 2.58 bits per heavy atom. The van der Waals surface area contributed by atoms with Crippen molar-refractivity contribution in [2.24, 2.45) is 12.0 Å². The predicted molar refractivity (Wildman–Crippen MR) is 145 cm³/mol. The van der Waals surface area contributed by atoms with Gasteiger partial charge in [0.05, 0.1) is 34.7 Å². The van der Waals surface area contributed by atoms with E-state index in [-0.39, 0.29) is 11.4 Å². The molecule has 7 rings (SSSR count). The van der Waals surface area contributed by atoms with Crippen molar-refractivity contribution in [3.8, 4) is 11.3 Å². The standard InChI is InChI=1S/C26H26N10OS/c1-16-19(13-34(2)33-16)21-14-38-25(31-21)32-22-4-3-17(9-28-22)23(37)36-8-7-35(15-26(36)5-6-26)24-29-10-18(11-30-24)20-12-27-20/h3-4,9-11,13-14H,5-8,12,15H2,1-2H3,(H,28,31,32). The van der Waals surface area contributed by atoms with Gasteiger partial charge < -0.3 is 15.1 Å². The number of piperazine rings is 1. The van der Waals surface area contributed by atoms with Gasteiger partial charge in [0.25, 0.3) is 5.91 Å². The van der Waals surface area contributed by atoms with Crippen LogP contribution in [0.25, 0.3) is 11.3 Å². The molecule has 6 heterocycles. The molecule has 12 heteroatoms. The van der Waals surface area contributed by atoms with Crippen LogP contribution in [0.5, 0.6) is 0 Å². The van der Waals surface area contributed by atoms with Crippen molar-refractivity contribution in [2.45, 2.75) is 25.3 Å². The van der Waals surface area contributed by atoms with Crippen LogP contribution in [0.3, 0.4) is 0 Å². The summed E-state index contributed by atoms with van der Waals surface area (Å²) in [5.74, 6) is 1.39. The molecule has 38 heavy (non-hydrogen) atoms. The van der Waals surface area contributed by atoms with E-state index in [1.165, 1.54) is 11.3 Å². The fourth-order valence-electron chi connectivity index (χ4n) is 5.06. The van der Waals surface area contributed by atoms with Crippen LogP contribution in [0, 0.1) is 6.92 Å². The number of amides is 1. The van der Waals surface area contributed by atoms with Gasteiger partial charge in [0.1, 0.15) is 5.82 Å². The van der Waals surface area contributed by atoms with Crippen molar-refractivity contribution < 1.29 is 4.79 Å². The Morgan fingerprint density at radius 1 is 1.11 bits per heavy atom. The molecule has 1 amide bonds. The summed E-state index contributed by atoms with van der Waals surface area (Å²) in [6.45, 7) is 4.84. The topological polar surface area (TPSA) is 117 Å². The largest absolute Gasteiger partial charge is 0.337 e. The number of pyridine rings is 1. The smallest absolute Gasteiger partial charge is 0.256 e. The normalized spacial score (nSPS) is 17.5. The number of rotatable bonds is 6. The minimum Gasteiger partial charge on any atom is -0.337 e. The first-order valence-electron chi connectivity index (χ1n) is 12.6. The number of aryl methyl sites for hydroxylation is 2. The number of carbonyl (C=O) groups excluding carboxylic acids is 1. The number of carbonyl (C=O) groups is 1. The van der Waals surface area contributed by atoms with Crippen molar-refractivity contribution >= 4 is 39.9 Å². The highest BCUT2D eigenvalue weighted by Gasteiger charge is 2.53. The number of thiazole rings is 1. The fourth-order valence-corrected chi connectivity index (χ4v) is 5.78. The maximum absolute atomic E-state index is 13.5. The van der Waals surface area contributed by atoms with Crippen LogP contribution in [-0.4, -0.2) is 78.0 Å². The van der Waals surface area contributed by atoms with Gasteiger partial charge in [0.2, 0.25) is 5.95 Å². The zero-order valence-corrected chi connectivity index (χ0v) is 21.9. The molecule has 2 aliphatic heterocycles. The molecule has 4 aromatic rings. The van der Waals surface area contributed by atoms with Gasteiger partial charge in [-0.15, -0.1) is 11.3 Å². The van der Waals surface area contributed by atoms with Gasteiger partial charge in [-0.25, -0.2) is 19.9 Å². The predicted octanol–water partition coefficient (Wildman–Crippen LogP) is 3.08. The summed E-state index contributed by atoms with van der Waals surface area (Å²) in [7, 11) is 1.90. The molecule has 0 unspecified atom stereocenters. The van der Waals surface area contributed by atoms with Crippen molar-refractivity contribution in [2.75, 3.05) is 36.4 Å². The average Bonchev–Trinajstić information content (AvgIpc) is 3.84. The number of aromatic nitrogens is 6. The maximum Gasteiger partial charge on any atom is 0.256 e. The first-order valence-corrected chi connectivity index (χ1v) is 13.5. The SMILES string of the molecule is Cc1nn(C)cc1-c1csc(Nc2ccc(C(=O)N3CCN(c4ncc(C5=NC5)cn4)CC34CC4)cn2)n1. The molecule has 0 radical (unpaired) electrons. The lowest BCUT2D eigenvalue weighted by molar-refractivity contribution is 0.0623. The summed E-state index contributed by atoms with van der Waals surface area (Å²) in [5, 5.41) is 10.4. The first kappa shape index (κ1) is 23.0. The van der Waals surface area contributed by atoms with Gasteiger partial charge in [0, 0.05) is 68.0 Å². The second kappa shape index (κ2) is 8.69. The lowest BCUT2D eigenvalue weighted by Gasteiger charge is -2.42. The van der Waals surface area contributed by atoms with Gasteiger partial charge in [-0.05, 0) is 31.9 Å². The highest BCUT2D eigenvalue weighted by atomic mass is 32.1. The van der Waals surface area contributed by atoms with E-state index in [4.69, 9.17) is 0 Å². The third-order valence-corrected chi connectivity index (χ3v) is 8.09. The van der Waals surface area contributed by atoms with Crippen LogP contribution in [0.1, 0.15) is 34.5 Å². The summed E-state index contributed by atoms with van der Waals surface area (Å²) >= 11 is 1.51. The number of nitrogens with zero attached hydrogens (tertiary/aromatic N) is 9. The molecule has 192 valence electrons. The Balaban J connectivity index is 1.01. The van der Waals surface area contributed by atoms with Gasteiger partial charge >= 0.3 is 0 Å². The summed E-state index contributed by atoms with van der Waals surface area (Å²) in [5.41, 5.74) is 5.32. The third kappa shape index (κ3) is 4.20. The van der Waals surface area contributed by atoms with E-state index in [1.54, 1.807) is 10.9 Å². The van der Waals surface area contributed by atoms with E-state index in [0.29, 0.717) is 24.5 Å². The molecule has 2 fully saturated rings. The zero-order valence-electron chi connectivity index (χ0n) is 21.1. The second-order valence-corrected chi connectivity index (χ2v) is 10.9. The lowest BCUT2D eigenvalue weighted by Crippen LogP contribution is -2.57. The monoisotopic (exact) mass is 526 g/mol. The summed E-state index contributed by atoms with van der Waals surface area (Å²) < 4.78 is 1.79. The van der Waals surface area contributed by atoms with Crippen LogP contribution in [0.15, 0.2) is 47.3 Å². The van der Waals surface area contributed by atoms with E-state index < -0.39 is 0 Å². The quantitative estimate of drug-likeness (QED) is 0.407. The highest BCUT2D eigenvalue weighted by molar-refractivity contribution is 7.14. The molecular weight excluding hydrogens is 500 g/mol. The molecule has 11 nitrogen and oxygen atoms in total. The highest BCUT2D eigenvalue weighted by Crippen LogP contribution is 2.45. The van der Waals surface area contributed by atoms with E-state index in [9.17, 15) is 4.79 Å². The number of hydrogen-bond donors (Lipinski definition) is 1. The average molecular weight is 527 g/mol. The van der Waals surface area contributed by atoms with Gasteiger partial charge in [-0.3, -0.25) is 14.5 Å². The molecule has 0 aromatic carbocycles. The first-order chi connectivity index (χ1) is 18.5. The van der Waals surface area contributed by atoms with E-state index >= 15 is 0 Å². The van der Waals surface area contributed by atoms with Crippen LogP contribution in [0.2, 0.25) is 0 Å². The number of anilines is 3. The van der Waals surface area contributed by atoms with Gasteiger partial charge in [-0.2, -0.15) is 5.10 Å². The molecule has 1 spiro atoms. The minimum atomic E-state index is -0.156. The van der Waals surface area contributed by atoms with Crippen molar-refractivity contribution in [3.63, 3.8) is 0 Å². The van der Waals surface area contributed by atoms with Crippen molar-refractivity contribution in [1.82, 2.24) is 34.6 Å². The van der Waals surface area contributed by atoms with E-state index in [2.05, 4.69) is 40.2 Å². The molecule has 1 saturated heterocycles. The van der Waals surface area contributed by atoms with E-state index in [1.807, 2.05) is 55.0 Å². The molecule has 3 aliphatic rings. The molecule has 4 aromatic heterocycles. The third-order valence-electron chi connectivity index (χ3n) is 7.33. The Hall–Kier alpha value is -4.19. The minimum absolute atomic E-state index is 0.0211. The molecule has 1 saturated carbocycles. The van der Waals surface area contributed by atoms with Crippen LogP contribution in [-0.2, 0) is 7.05 Å². The molecule has 0 bridgehead atoms. The Bertz CT molecular complexity index is 1550. The molecule has 1 aliphatic carbocycles. The van der Waals surface area contributed by atoms with Crippen LogP contribution in [0.4, 0.5) is 16.9 Å².